The van der Waals surface area contributed by atoms with Crippen molar-refractivity contribution < 1.29 is 33.7 Å². The Hall–Kier alpha value is -3.26. The lowest BCUT2D eigenvalue weighted by molar-refractivity contribution is -0.154. The molecule has 0 aromatic heterocycles. The number of carboxylic acids is 1. The molecule has 0 saturated carbocycles. The summed E-state index contributed by atoms with van der Waals surface area (Å²) in [5.74, 6) is -1.77. The zero-order valence-electron chi connectivity index (χ0n) is 18.3. The van der Waals surface area contributed by atoms with E-state index in [2.05, 4.69) is 5.32 Å². The first-order valence-corrected chi connectivity index (χ1v) is 10.2. The van der Waals surface area contributed by atoms with Crippen molar-refractivity contribution in [2.45, 2.75) is 52.0 Å². The van der Waals surface area contributed by atoms with Gasteiger partial charge in [-0.1, -0.05) is 48.0 Å². The van der Waals surface area contributed by atoms with E-state index in [4.69, 9.17) is 25.8 Å². The zero-order valence-corrected chi connectivity index (χ0v) is 19.0. The monoisotopic (exact) mass is 463 g/mol. The van der Waals surface area contributed by atoms with Crippen molar-refractivity contribution in [2.24, 2.45) is 0 Å². The lowest BCUT2D eigenvalue weighted by atomic mass is 10.0. The number of alkyl carbamates (subject to hydrolysis) is 1. The van der Waals surface area contributed by atoms with Crippen LogP contribution in [-0.2, 0) is 25.7 Å². The highest BCUT2D eigenvalue weighted by molar-refractivity contribution is 6.32. The second kappa shape index (κ2) is 10.9. The van der Waals surface area contributed by atoms with Gasteiger partial charge in [-0.2, -0.15) is 0 Å². The Labute approximate surface area is 191 Å². The van der Waals surface area contributed by atoms with E-state index in [1.165, 1.54) is 12.1 Å². The summed E-state index contributed by atoms with van der Waals surface area (Å²) in [7, 11) is 0. The Morgan fingerprint density at radius 1 is 1.09 bits per heavy atom. The van der Waals surface area contributed by atoms with Gasteiger partial charge in [-0.05, 0) is 44.0 Å². The van der Waals surface area contributed by atoms with Crippen molar-refractivity contribution in [3.8, 4) is 5.75 Å². The van der Waals surface area contributed by atoms with Gasteiger partial charge >= 0.3 is 18.0 Å². The van der Waals surface area contributed by atoms with Crippen LogP contribution in [0.4, 0.5) is 4.79 Å². The first kappa shape index (κ1) is 25.0. The molecule has 32 heavy (non-hydrogen) atoms. The minimum absolute atomic E-state index is 0.192. The number of nitrogens with one attached hydrogen (secondary N) is 1. The van der Waals surface area contributed by atoms with Gasteiger partial charge in [-0.3, -0.25) is 4.79 Å². The molecule has 8 nitrogen and oxygen atoms in total. The van der Waals surface area contributed by atoms with Gasteiger partial charge in [-0.15, -0.1) is 0 Å². The van der Waals surface area contributed by atoms with E-state index >= 15 is 0 Å². The molecule has 0 aliphatic heterocycles. The van der Waals surface area contributed by atoms with E-state index in [0.717, 1.165) is 12.5 Å². The maximum atomic E-state index is 12.2. The number of aliphatic carboxylic acids is 1. The number of carboxylic acid groups (broad SMARTS) is 1. The van der Waals surface area contributed by atoms with E-state index in [9.17, 15) is 19.5 Å². The number of halogens is 1. The van der Waals surface area contributed by atoms with Gasteiger partial charge in [-0.25, -0.2) is 9.59 Å². The van der Waals surface area contributed by atoms with Crippen LogP contribution in [-0.4, -0.2) is 34.8 Å². The standard InChI is InChI=1S/C23H26ClNO7/c1-14(26)31-20(19(21(27)28)25-22(29)32-23(2,3)4)16-10-11-18(17(24)12-16)30-13-15-8-6-5-7-9-15/h5-12,19-20H,13H2,1-4H3,(H,25,29)(H,27,28)/t19-,20-/m1/s1. The summed E-state index contributed by atoms with van der Waals surface area (Å²) in [6.45, 7) is 6.34. The van der Waals surface area contributed by atoms with E-state index in [1.54, 1.807) is 26.8 Å². The Morgan fingerprint density at radius 2 is 1.75 bits per heavy atom. The van der Waals surface area contributed by atoms with Gasteiger partial charge in [0.05, 0.1) is 5.02 Å². The summed E-state index contributed by atoms with van der Waals surface area (Å²) in [6.07, 6.45) is -2.31. The molecule has 2 N–H and O–H groups in total. The third-order valence-electron chi connectivity index (χ3n) is 4.06. The first-order chi connectivity index (χ1) is 15.0. The molecule has 0 saturated heterocycles. The van der Waals surface area contributed by atoms with Crippen molar-refractivity contribution in [3.63, 3.8) is 0 Å². The highest BCUT2D eigenvalue weighted by Crippen LogP contribution is 2.31. The van der Waals surface area contributed by atoms with Crippen LogP contribution in [0.3, 0.4) is 0 Å². The molecule has 2 atom stereocenters. The van der Waals surface area contributed by atoms with Crippen LogP contribution < -0.4 is 10.1 Å². The number of esters is 1. The van der Waals surface area contributed by atoms with Gasteiger partial charge in [0.2, 0.25) is 0 Å². The highest BCUT2D eigenvalue weighted by atomic mass is 35.5. The first-order valence-electron chi connectivity index (χ1n) is 9.82. The third-order valence-corrected chi connectivity index (χ3v) is 4.35. The van der Waals surface area contributed by atoms with Crippen LogP contribution in [0.2, 0.25) is 5.02 Å². The van der Waals surface area contributed by atoms with Crippen LogP contribution in [0.5, 0.6) is 5.75 Å². The van der Waals surface area contributed by atoms with Crippen molar-refractivity contribution in [1.29, 1.82) is 0 Å². The molecule has 2 rings (SSSR count). The van der Waals surface area contributed by atoms with Crippen LogP contribution in [0.25, 0.3) is 0 Å². The second-order valence-corrected chi connectivity index (χ2v) is 8.36. The van der Waals surface area contributed by atoms with Gasteiger partial charge in [0.1, 0.15) is 18.0 Å². The molecule has 0 bridgehead atoms. The largest absolute Gasteiger partial charge is 0.487 e. The number of rotatable bonds is 8. The predicted molar refractivity (Wildman–Crippen MR) is 118 cm³/mol. The fourth-order valence-corrected chi connectivity index (χ4v) is 3.00. The van der Waals surface area contributed by atoms with Crippen molar-refractivity contribution in [3.05, 3.63) is 64.7 Å². The zero-order chi connectivity index (χ0) is 23.9. The summed E-state index contributed by atoms with van der Waals surface area (Å²) in [4.78, 5) is 35.7. The van der Waals surface area contributed by atoms with Gasteiger partial charge in [0.15, 0.2) is 12.1 Å². The molecule has 0 radical (unpaired) electrons. The average molecular weight is 464 g/mol. The van der Waals surface area contributed by atoms with E-state index in [-0.39, 0.29) is 17.2 Å². The Bertz CT molecular complexity index is 957. The molecule has 9 heteroatoms. The molecule has 172 valence electrons. The van der Waals surface area contributed by atoms with Gasteiger partial charge in [0.25, 0.3) is 0 Å². The number of hydrogen-bond acceptors (Lipinski definition) is 6. The summed E-state index contributed by atoms with van der Waals surface area (Å²) >= 11 is 6.33. The fourth-order valence-electron chi connectivity index (χ4n) is 2.76. The molecule has 0 aliphatic rings. The van der Waals surface area contributed by atoms with Gasteiger partial charge in [0, 0.05) is 6.92 Å². The maximum absolute atomic E-state index is 12.2. The minimum atomic E-state index is -1.61. The number of amides is 1. The van der Waals surface area contributed by atoms with Gasteiger partial charge < -0.3 is 24.6 Å². The lowest BCUT2D eigenvalue weighted by Crippen LogP contribution is -2.47. The molecular formula is C23H26ClNO7. The molecule has 2 aromatic carbocycles. The fraction of sp³-hybridized carbons (Fsp3) is 0.348. The number of hydrogen-bond donors (Lipinski definition) is 2. The Balaban J connectivity index is 2.26. The number of carbonyl (C=O) groups is 3. The number of benzene rings is 2. The second-order valence-electron chi connectivity index (χ2n) is 7.96. The van der Waals surface area contributed by atoms with Crippen LogP contribution >= 0.6 is 11.6 Å². The molecule has 0 aliphatic carbocycles. The van der Waals surface area contributed by atoms with Crippen LogP contribution in [0, 0.1) is 0 Å². The number of carbonyl (C=O) groups excluding carboxylic acids is 2. The maximum Gasteiger partial charge on any atom is 0.408 e. The van der Waals surface area contributed by atoms with E-state index < -0.39 is 35.8 Å². The van der Waals surface area contributed by atoms with Crippen LogP contribution in [0.15, 0.2) is 48.5 Å². The van der Waals surface area contributed by atoms with Crippen LogP contribution in [0.1, 0.15) is 44.9 Å². The topological polar surface area (TPSA) is 111 Å². The molecule has 2 aromatic rings. The summed E-state index contributed by atoms with van der Waals surface area (Å²) in [6, 6.07) is 12.4. The number of ether oxygens (including phenoxy) is 3. The SMILES string of the molecule is CC(=O)O[C@H](c1ccc(OCc2ccccc2)c(Cl)c1)[C@@H](NC(=O)OC(C)(C)C)C(=O)O. The Kier molecular flexibility index (Phi) is 8.48. The van der Waals surface area contributed by atoms with Crippen molar-refractivity contribution >= 4 is 29.6 Å². The smallest absolute Gasteiger partial charge is 0.408 e. The normalized spacial score (nSPS) is 12.9. The van der Waals surface area contributed by atoms with Crippen molar-refractivity contribution in [2.75, 3.05) is 0 Å². The Morgan fingerprint density at radius 3 is 2.28 bits per heavy atom. The molecule has 0 heterocycles. The molecular weight excluding hydrogens is 438 g/mol. The summed E-state index contributed by atoms with van der Waals surface area (Å²) in [5, 5.41) is 12.1. The lowest BCUT2D eigenvalue weighted by Gasteiger charge is -2.27. The van der Waals surface area contributed by atoms with E-state index in [1.807, 2.05) is 30.3 Å². The molecule has 0 spiro atoms. The van der Waals surface area contributed by atoms with E-state index in [0.29, 0.717) is 5.75 Å². The third kappa shape index (κ3) is 7.77. The molecule has 1 amide bonds. The minimum Gasteiger partial charge on any atom is -0.487 e. The summed E-state index contributed by atoms with van der Waals surface area (Å²) in [5.41, 5.74) is 0.365. The highest BCUT2D eigenvalue weighted by Gasteiger charge is 2.35. The average Bonchev–Trinajstić information content (AvgIpc) is 2.68. The quantitative estimate of drug-likeness (QED) is 0.554. The predicted octanol–water partition coefficient (Wildman–Crippen LogP) is 4.50. The molecule has 0 unspecified atom stereocenters. The molecule has 0 fully saturated rings. The van der Waals surface area contributed by atoms with Crippen molar-refractivity contribution in [1.82, 2.24) is 5.32 Å². The summed E-state index contributed by atoms with van der Waals surface area (Å²) < 4.78 is 16.1.